The number of ketones is 2. The monoisotopic (exact) mass is 1660 g/mol. The first kappa shape index (κ1) is 103. The number of carbonyl (C=O) groups is 9. The number of hydrogen-bond acceptors (Lipinski definition) is 28. The third kappa shape index (κ3) is 37.9. The van der Waals surface area contributed by atoms with Gasteiger partial charge in [-0.3, -0.25) is 38.9 Å². The van der Waals surface area contributed by atoms with Crippen LogP contribution < -0.4 is 67.2 Å². The van der Waals surface area contributed by atoms with E-state index in [1.54, 1.807) is 162 Å². The number of pyridine rings is 6. The van der Waals surface area contributed by atoms with Gasteiger partial charge in [0.2, 0.25) is 29.5 Å². The zero-order chi connectivity index (χ0) is 84.5. The molecule has 0 saturated heterocycles. The average Bonchev–Trinajstić information content (AvgIpc) is 1.71. The Morgan fingerprint density at radius 3 is 1.05 bits per heavy atom. The Labute approximate surface area is 698 Å². The van der Waals surface area contributed by atoms with Crippen LogP contribution >= 0.6 is 15.9 Å². The molecular formula is C79H100BrN18NaO16. The van der Waals surface area contributed by atoms with Crippen molar-refractivity contribution >= 4 is 104 Å². The number of ether oxygens (including phenoxy) is 2. The van der Waals surface area contributed by atoms with Crippen LogP contribution in [0.2, 0.25) is 0 Å². The molecule has 10 aromatic heterocycles. The third-order valence-corrected chi connectivity index (χ3v) is 13.7. The summed E-state index contributed by atoms with van der Waals surface area (Å²) in [6.45, 7) is 37.0. The Balaban J connectivity index is 0.00000134. The predicted octanol–water partition coefficient (Wildman–Crippen LogP) is 12.7. The van der Waals surface area contributed by atoms with Crippen molar-refractivity contribution in [2.75, 3.05) is 31.9 Å². The van der Waals surface area contributed by atoms with E-state index in [9.17, 15) is 43.2 Å². The number of nitrogens with zero attached hydrogens (tertiary/aromatic N) is 12. The first-order valence-corrected chi connectivity index (χ1v) is 35.2. The summed E-state index contributed by atoms with van der Waals surface area (Å²) in [5.74, 6) is 6.71. The number of primary amides is 1. The molecule has 10 heterocycles. The molecule has 0 saturated carbocycles. The van der Waals surface area contributed by atoms with Crippen molar-refractivity contribution in [3.63, 3.8) is 0 Å². The molecule has 36 heteroatoms. The van der Waals surface area contributed by atoms with Crippen LogP contribution in [0.25, 0.3) is 45.0 Å². The van der Waals surface area contributed by atoms with Crippen molar-refractivity contribution in [1.82, 2.24) is 49.8 Å². The molecule has 0 aromatic carbocycles. The van der Waals surface area contributed by atoms with Crippen molar-refractivity contribution in [1.29, 1.82) is 5.26 Å². The van der Waals surface area contributed by atoms with Crippen molar-refractivity contribution in [2.45, 2.75) is 182 Å². The summed E-state index contributed by atoms with van der Waals surface area (Å²) < 4.78 is 31.9. The van der Waals surface area contributed by atoms with Gasteiger partial charge in [-0.05, 0) is 149 Å². The number of rotatable bonds is 13. The van der Waals surface area contributed by atoms with Gasteiger partial charge in [-0.25, -0.2) is 59.4 Å². The topological polar surface area (TPSA) is 511 Å². The minimum atomic E-state index is -0.760. The van der Waals surface area contributed by atoms with E-state index in [4.69, 9.17) is 38.1 Å². The molecule has 7 amide bonds. The summed E-state index contributed by atoms with van der Waals surface area (Å²) >= 11 is 3.19. The zero-order valence-corrected chi connectivity index (χ0v) is 71.7. The van der Waals surface area contributed by atoms with Crippen LogP contribution in [0.3, 0.4) is 0 Å². The number of halogens is 1. The number of Topliss-reactive ketones (excluding diaryl/α,β-unsaturated/α-hetero) is 2. The van der Waals surface area contributed by atoms with Gasteiger partial charge in [0.05, 0.1) is 10.9 Å². The van der Waals surface area contributed by atoms with Crippen molar-refractivity contribution in [2.24, 2.45) is 5.73 Å². The Kier molecular flexibility index (Phi) is 44.2. The average molecular weight is 1660 g/mol. The molecular weight excluding hydrogens is 1560 g/mol. The normalized spacial score (nSPS) is 10.2. The van der Waals surface area contributed by atoms with Gasteiger partial charge in [-0.15, -0.1) is 0 Å². The SMILES string of the molecule is C.CC#N.CC(=O)N(C(=O)OC(C)(C)C)c1ccc(-c2nc(C)oc2C)cn1.CC(=O)Nc1ccc(-c2nc(C)oc2C)cn1.CC(=O)Nc1ccc(C(=O)C(C)Br)cn1.CC(N)=O.CCC(=O)c1ccc(NC(C)=O)nc1.Cc1nc(-c2ccc(N)nc2)c(C)o1.Cc1nc(-c2ccc(NC(=O)OC(C)(C)C)nc2)c(C)o1.[Na+].[OH-]. The molecule has 115 heavy (non-hydrogen) atoms. The van der Waals surface area contributed by atoms with Gasteiger partial charge in [-0.2, -0.15) is 10.2 Å². The van der Waals surface area contributed by atoms with Crippen LogP contribution in [-0.2, 0) is 33.4 Å². The smallest absolute Gasteiger partial charge is 0.870 e. The number of oxazole rings is 4. The first-order chi connectivity index (χ1) is 52.3. The number of hydrogen-bond donors (Lipinski definition) is 6. The van der Waals surface area contributed by atoms with E-state index < -0.39 is 29.3 Å². The number of nitrogens with two attached hydrogens (primary N) is 2. The van der Waals surface area contributed by atoms with Gasteiger partial charge in [0.25, 0.3) is 0 Å². The summed E-state index contributed by atoms with van der Waals surface area (Å²) in [4.78, 5) is 142. The fourth-order valence-electron chi connectivity index (χ4n) is 8.93. The molecule has 0 aliphatic rings. The minimum Gasteiger partial charge on any atom is -0.870 e. The standard InChI is InChI=1S/C17H21N3O4.C15H19N3O3.C12H13N3O2.C10H11BrN2O2.C10H11N3O.C10H12N2O2.C2H5NO.C2H3N.CH4.Na.H2O/c1-10-15(19-11(2)23-10)13-7-8-14(18-9-13)20(12(3)21)16(22)24-17(4,5)6;1-9-13(17-10(2)20-9)11-6-7-12(16-8-11)18-14(19)21-15(3,4)5;1-7-12(15-9(3)17-7)10-4-5-11(13-6-10)14-8(2)16;1-6(11)10(15)8-3-4-9(12-5-8)13-7(2)14;1-6-10(13-7(2)14-6)8-3-4-9(11)12-5-8;1-3-9(14)8-4-5-10(11-6-8)12-7(2)13;1-2(3)4;1-2-3;;;/h7-9H,1-6H3;6-8H,1-5H3,(H,16,18,19);4-6H,1-3H3,(H,13,14,16);3-6H,1-2H3,(H,12,13,14);3-5H,1-2H3,(H2,11,12);4-6H,3H2,1-2H3,(H,11,12,13);1H3,(H2,3,4);1H3;1H4;;1H2/q;;;;;;;;;+1;/p-1. The maximum absolute atomic E-state index is 12.2. The van der Waals surface area contributed by atoms with Crippen molar-refractivity contribution < 1.29 is 105 Å². The molecule has 0 spiro atoms. The number of nitriles is 1. The van der Waals surface area contributed by atoms with Gasteiger partial charge in [-0.1, -0.05) is 30.3 Å². The fourth-order valence-corrected chi connectivity index (χ4v) is 9.19. The Morgan fingerprint density at radius 1 is 0.504 bits per heavy atom. The number of aryl methyl sites for hydroxylation is 8. The Bertz CT molecular complexity index is 4830. The van der Waals surface area contributed by atoms with Gasteiger partial charge >= 0.3 is 41.7 Å². The number of nitrogens with one attached hydrogen (secondary N) is 4. The minimum absolute atomic E-state index is 0. The first-order valence-electron chi connectivity index (χ1n) is 34.3. The van der Waals surface area contributed by atoms with Gasteiger partial charge in [0.15, 0.2) is 35.1 Å². The molecule has 34 nitrogen and oxygen atoms in total. The number of nitrogen functional groups attached to an aromatic ring is 1. The van der Waals surface area contributed by atoms with E-state index in [1.165, 1.54) is 53.9 Å². The summed E-state index contributed by atoms with van der Waals surface area (Å²) in [7, 11) is 0. The second-order valence-corrected chi connectivity index (χ2v) is 27.1. The van der Waals surface area contributed by atoms with Gasteiger partial charge < -0.3 is 60.0 Å². The molecule has 1 unspecified atom stereocenters. The predicted molar refractivity (Wildman–Crippen MR) is 434 cm³/mol. The summed E-state index contributed by atoms with van der Waals surface area (Å²) in [6.07, 6.45) is 8.62. The van der Waals surface area contributed by atoms with Crippen molar-refractivity contribution in [3.05, 3.63) is 168 Å². The number of imide groups is 1. The molecule has 0 aliphatic heterocycles. The van der Waals surface area contributed by atoms with Crippen LogP contribution in [-0.4, -0.2) is 125 Å². The van der Waals surface area contributed by atoms with E-state index in [0.29, 0.717) is 81.7 Å². The molecule has 0 bridgehead atoms. The Morgan fingerprint density at radius 2 is 0.809 bits per heavy atom. The zero-order valence-electron chi connectivity index (χ0n) is 68.1. The molecule has 1 atom stereocenters. The molecule has 0 fully saturated rings. The van der Waals surface area contributed by atoms with E-state index in [1.807, 2.05) is 52.8 Å². The number of carbonyl (C=O) groups excluding carboxylic acids is 9. The van der Waals surface area contributed by atoms with Gasteiger partial charge in [0.1, 0.15) is 91.9 Å². The molecule has 610 valence electrons. The second kappa shape index (κ2) is 49.4. The number of anilines is 6. The molecule has 0 aliphatic carbocycles. The van der Waals surface area contributed by atoms with Crippen LogP contribution in [0.1, 0.15) is 178 Å². The van der Waals surface area contributed by atoms with Crippen molar-refractivity contribution in [3.8, 4) is 51.1 Å². The van der Waals surface area contributed by atoms with Crippen LogP contribution in [0, 0.1) is 66.7 Å². The maximum atomic E-state index is 12.2. The molecule has 9 N–H and O–H groups in total. The summed E-state index contributed by atoms with van der Waals surface area (Å²) in [5, 5.41) is 17.6. The fraction of sp³-hybridized carbons (Fsp3) is 0.342. The largest absolute Gasteiger partial charge is 1.00 e. The van der Waals surface area contributed by atoms with E-state index >= 15 is 0 Å². The van der Waals surface area contributed by atoms with Crippen LogP contribution in [0.4, 0.5) is 44.5 Å². The number of amides is 7. The quantitative estimate of drug-likeness (QED) is 0.0355. The van der Waals surface area contributed by atoms with Gasteiger partial charge in [0, 0.05) is 146 Å². The van der Waals surface area contributed by atoms with E-state index in [-0.39, 0.29) is 88.3 Å². The third-order valence-electron chi connectivity index (χ3n) is 13.2. The van der Waals surface area contributed by atoms with E-state index in [0.717, 1.165) is 61.5 Å². The van der Waals surface area contributed by atoms with Crippen LogP contribution in [0.5, 0.6) is 0 Å². The summed E-state index contributed by atoms with van der Waals surface area (Å²) in [5.41, 5.74) is 16.2. The van der Waals surface area contributed by atoms with E-state index in [2.05, 4.69) is 92.8 Å². The second-order valence-electron chi connectivity index (χ2n) is 25.8. The number of aromatic nitrogens is 10. The maximum Gasteiger partial charge on any atom is 1.00 e. The molecule has 0 radical (unpaired) electrons. The number of alkyl halides is 1. The Hall–Kier alpha value is -12.1. The summed E-state index contributed by atoms with van der Waals surface area (Å²) in [6, 6.07) is 22.3. The molecule has 10 aromatic rings. The molecule has 10 rings (SSSR count). The van der Waals surface area contributed by atoms with Crippen LogP contribution in [0.15, 0.2) is 128 Å².